The lowest BCUT2D eigenvalue weighted by Gasteiger charge is -2.29. The highest BCUT2D eigenvalue weighted by molar-refractivity contribution is 6.30. The number of hydrogen-bond acceptors (Lipinski definition) is 9. The van der Waals surface area contributed by atoms with Crippen LogP contribution < -0.4 is 27.0 Å². The second-order valence-corrected chi connectivity index (χ2v) is 18.5. The fraction of sp³-hybridized carbons (Fsp3) is 0.385. The van der Waals surface area contributed by atoms with Crippen LogP contribution in [0.3, 0.4) is 0 Å². The van der Waals surface area contributed by atoms with Crippen LogP contribution in [0, 0.1) is 23.5 Å². The quantitative estimate of drug-likeness (QED) is 0.0332. The van der Waals surface area contributed by atoms with Crippen molar-refractivity contribution in [3.8, 4) is 11.8 Å². The fourth-order valence-corrected chi connectivity index (χ4v) is 10.1. The third-order valence-corrected chi connectivity index (χ3v) is 14.0. The first-order valence-corrected chi connectivity index (χ1v) is 24.0. The molecule has 1 aromatic heterocycles. The second kappa shape index (κ2) is 21.4. The van der Waals surface area contributed by atoms with E-state index in [0.29, 0.717) is 67.8 Å². The van der Waals surface area contributed by atoms with Gasteiger partial charge in [0.2, 0.25) is 11.8 Å². The van der Waals surface area contributed by atoms with Crippen molar-refractivity contribution in [2.24, 2.45) is 10.7 Å². The van der Waals surface area contributed by atoms with Gasteiger partial charge in [0.25, 0.3) is 5.91 Å². The number of nitrogens with two attached hydrogens (primary N) is 1. The van der Waals surface area contributed by atoms with E-state index < -0.39 is 29.6 Å². The summed E-state index contributed by atoms with van der Waals surface area (Å²) < 4.78 is 37.9. The highest BCUT2D eigenvalue weighted by Gasteiger charge is 2.40. The van der Waals surface area contributed by atoms with Gasteiger partial charge in [0, 0.05) is 78.0 Å². The number of carbonyl (C=O) groups is 3. The summed E-state index contributed by atoms with van der Waals surface area (Å²) in [6.45, 7) is 4.48. The fourth-order valence-electron chi connectivity index (χ4n) is 9.95. The number of allylic oxidation sites excluding steroid dienone is 4. The molecule has 0 spiro atoms. The Morgan fingerprint density at radius 2 is 1.81 bits per heavy atom. The average Bonchev–Trinajstić information content (AvgIpc) is 3.94. The van der Waals surface area contributed by atoms with Gasteiger partial charge in [-0.1, -0.05) is 59.9 Å². The zero-order valence-corrected chi connectivity index (χ0v) is 39.1. The van der Waals surface area contributed by atoms with Crippen molar-refractivity contribution < 1.29 is 27.9 Å². The molecule has 3 aromatic carbocycles. The SMILES string of the molecule is CC1/C(=C\N=C(N)NC2=CC=C(c3cn(C4CCC(NCCOCCC#Cc5cccc6c5CN(C5CCC(=O)NC5=O)C6=O)CC4)nn3)CC2)CNC(c2c(F)cccc2F)c2cc(Cl)ccc21. The molecule has 1 saturated carbocycles. The first-order valence-electron chi connectivity index (χ1n) is 23.6. The van der Waals surface area contributed by atoms with E-state index in [1.54, 1.807) is 35.4 Å². The van der Waals surface area contributed by atoms with Gasteiger partial charge in [-0.2, -0.15) is 0 Å². The number of nitrogens with one attached hydrogen (secondary N) is 4. The van der Waals surface area contributed by atoms with E-state index in [0.717, 1.165) is 77.9 Å². The molecule has 5 aliphatic rings. The van der Waals surface area contributed by atoms with Crippen molar-refractivity contribution in [2.75, 3.05) is 26.3 Å². The lowest BCUT2D eigenvalue weighted by molar-refractivity contribution is -0.136. The molecule has 0 bridgehead atoms. The Balaban J connectivity index is 0.699. The monoisotopic (exact) mass is 956 g/mol. The minimum Gasteiger partial charge on any atom is -0.379 e. The van der Waals surface area contributed by atoms with Crippen molar-refractivity contribution >= 4 is 40.9 Å². The van der Waals surface area contributed by atoms with E-state index in [-0.39, 0.29) is 41.7 Å². The summed E-state index contributed by atoms with van der Waals surface area (Å²) in [5.74, 6) is 4.28. The molecular formula is C52H55ClF2N10O4. The van der Waals surface area contributed by atoms with Crippen LogP contribution in [-0.4, -0.2) is 82.0 Å². The predicted molar refractivity (Wildman–Crippen MR) is 258 cm³/mol. The smallest absolute Gasteiger partial charge is 0.255 e. The third kappa shape index (κ3) is 10.9. The lowest BCUT2D eigenvalue weighted by Crippen LogP contribution is -2.52. The number of benzene rings is 3. The number of halogens is 3. The van der Waals surface area contributed by atoms with E-state index in [2.05, 4.69) is 54.6 Å². The summed E-state index contributed by atoms with van der Waals surface area (Å²) in [4.78, 5) is 43.2. The number of ether oxygens (including phenoxy) is 1. The number of fused-ring (bicyclic) bond motifs is 2. The molecule has 3 aliphatic heterocycles. The number of aliphatic imine (C=N–C) groups is 1. The van der Waals surface area contributed by atoms with Crippen LogP contribution >= 0.6 is 11.6 Å². The zero-order valence-electron chi connectivity index (χ0n) is 38.4. The molecule has 17 heteroatoms. The third-order valence-electron chi connectivity index (χ3n) is 13.8. The van der Waals surface area contributed by atoms with Crippen LogP contribution in [0.2, 0.25) is 5.02 Å². The summed E-state index contributed by atoms with van der Waals surface area (Å²) in [7, 11) is 0. The van der Waals surface area contributed by atoms with Gasteiger partial charge in [-0.15, -0.1) is 5.10 Å². The van der Waals surface area contributed by atoms with E-state index in [9.17, 15) is 23.2 Å². The van der Waals surface area contributed by atoms with Crippen LogP contribution in [0.4, 0.5) is 8.78 Å². The number of nitrogens with zero attached hydrogens (tertiary/aromatic N) is 5. The lowest BCUT2D eigenvalue weighted by atomic mass is 9.87. The van der Waals surface area contributed by atoms with E-state index >= 15 is 0 Å². The summed E-state index contributed by atoms with van der Waals surface area (Å²) in [5.41, 5.74) is 13.8. The zero-order chi connectivity index (χ0) is 48.0. The average molecular weight is 958 g/mol. The number of amides is 3. The summed E-state index contributed by atoms with van der Waals surface area (Å²) in [5, 5.41) is 22.1. The van der Waals surface area contributed by atoms with Crippen molar-refractivity contribution in [3.05, 3.63) is 146 Å². The molecule has 3 unspecified atom stereocenters. The van der Waals surface area contributed by atoms with Gasteiger partial charge >= 0.3 is 0 Å². The Bertz CT molecular complexity index is 2800. The molecule has 69 heavy (non-hydrogen) atoms. The Morgan fingerprint density at radius 3 is 2.59 bits per heavy atom. The molecule has 3 amide bonds. The molecular weight excluding hydrogens is 902 g/mol. The van der Waals surface area contributed by atoms with Crippen molar-refractivity contribution in [3.63, 3.8) is 0 Å². The number of rotatable bonds is 12. The number of carbonyl (C=O) groups excluding carboxylic acids is 3. The highest BCUT2D eigenvalue weighted by Crippen LogP contribution is 2.39. The van der Waals surface area contributed by atoms with Gasteiger partial charge in [0.15, 0.2) is 5.96 Å². The molecule has 0 radical (unpaired) electrons. The van der Waals surface area contributed by atoms with Gasteiger partial charge in [-0.05, 0) is 115 Å². The Hall–Kier alpha value is -6.51. The van der Waals surface area contributed by atoms with Gasteiger partial charge in [-0.3, -0.25) is 19.7 Å². The van der Waals surface area contributed by atoms with Gasteiger partial charge in [0.1, 0.15) is 23.4 Å². The van der Waals surface area contributed by atoms with Gasteiger partial charge < -0.3 is 31.3 Å². The number of piperidine rings is 1. The molecule has 4 aromatic rings. The molecule has 358 valence electrons. The molecule has 2 fully saturated rings. The first kappa shape index (κ1) is 47.6. The normalized spacial score (nSPS) is 23.3. The molecule has 3 atom stereocenters. The maximum Gasteiger partial charge on any atom is 0.255 e. The van der Waals surface area contributed by atoms with Gasteiger partial charge in [-0.25, -0.2) is 18.5 Å². The summed E-state index contributed by atoms with van der Waals surface area (Å²) >= 11 is 6.37. The van der Waals surface area contributed by atoms with E-state index in [1.807, 2.05) is 35.9 Å². The summed E-state index contributed by atoms with van der Waals surface area (Å²) in [6.07, 6.45) is 14.4. The minimum absolute atomic E-state index is 0.0504. The molecule has 2 aliphatic carbocycles. The number of imide groups is 1. The number of aromatic nitrogens is 3. The van der Waals surface area contributed by atoms with E-state index in [4.69, 9.17) is 22.1 Å². The van der Waals surface area contributed by atoms with Crippen LogP contribution in [0.25, 0.3) is 5.57 Å². The van der Waals surface area contributed by atoms with Crippen molar-refractivity contribution in [1.29, 1.82) is 0 Å². The number of hydrogen-bond donors (Lipinski definition) is 5. The van der Waals surface area contributed by atoms with Crippen molar-refractivity contribution in [1.82, 2.24) is 41.2 Å². The second-order valence-electron chi connectivity index (χ2n) is 18.1. The van der Waals surface area contributed by atoms with Crippen LogP contribution in [0.15, 0.2) is 95.4 Å². The molecule has 1 saturated heterocycles. The Morgan fingerprint density at radius 1 is 1.00 bits per heavy atom. The van der Waals surface area contributed by atoms with Crippen molar-refractivity contribution in [2.45, 2.75) is 101 Å². The number of guanidine groups is 1. The van der Waals surface area contributed by atoms with Crippen LogP contribution in [-0.2, 0) is 20.9 Å². The standard InChI is InChI=1S/C52H55ClF2N10O4/c1-31-34(27-58-49(41-26-35(53)13-20-39(31)41)48-43(54)9-5-10-44(48)55)28-59-52(56)60-37-14-11-33(12-15-37)45-30-65(63-62-45)38-18-16-36(17-19-38)57-23-25-69-24-3-2-6-32-7-4-8-40-42(32)29-64(51(40)68)46-21-22-47(66)61-50(46)67/h4-5,7-11,13-14,20,26,28,30-31,36,38,46,49,57-58H,3,12,15-19,21-25,27,29H2,1H3,(H3,56,59,60)(H,61,66,67)/b34-28-. The maximum atomic E-state index is 15.0. The predicted octanol–water partition coefficient (Wildman–Crippen LogP) is 6.85. The molecule has 9 rings (SSSR count). The molecule has 6 N–H and O–H groups in total. The molecule has 14 nitrogen and oxygen atoms in total. The largest absolute Gasteiger partial charge is 0.379 e. The van der Waals surface area contributed by atoms with Crippen LogP contribution in [0.5, 0.6) is 0 Å². The Labute approximate surface area is 404 Å². The summed E-state index contributed by atoms with van der Waals surface area (Å²) in [6, 6.07) is 14.1. The minimum atomic E-state index is -0.741. The maximum absolute atomic E-state index is 15.0. The highest BCUT2D eigenvalue weighted by atomic mass is 35.5. The van der Waals surface area contributed by atoms with Gasteiger partial charge in [0.05, 0.1) is 31.5 Å². The van der Waals surface area contributed by atoms with E-state index in [1.165, 1.54) is 18.2 Å². The Kier molecular flexibility index (Phi) is 14.8. The van der Waals surface area contributed by atoms with Crippen LogP contribution in [0.1, 0.15) is 127 Å². The topological polar surface area (TPSA) is 181 Å². The first-order chi connectivity index (χ1) is 33.5. The molecule has 4 heterocycles.